The second-order valence-electron chi connectivity index (χ2n) is 4.28. The van der Waals surface area contributed by atoms with Crippen LogP contribution in [-0.2, 0) is 7.05 Å². The van der Waals surface area contributed by atoms with Gasteiger partial charge in [0.2, 0.25) is 5.82 Å². The van der Waals surface area contributed by atoms with Crippen LogP contribution in [0.15, 0.2) is 42.5 Å². The molecule has 0 spiro atoms. The van der Waals surface area contributed by atoms with Gasteiger partial charge in [0.1, 0.15) is 11.6 Å². The van der Waals surface area contributed by atoms with Crippen LogP contribution in [0.3, 0.4) is 0 Å². The number of benzene rings is 2. The van der Waals surface area contributed by atoms with Gasteiger partial charge in [0.05, 0.1) is 12.6 Å². The zero-order chi connectivity index (χ0) is 14.1. The van der Waals surface area contributed by atoms with Gasteiger partial charge in [0, 0.05) is 0 Å². The van der Waals surface area contributed by atoms with Crippen LogP contribution in [0.25, 0.3) is 22.5 Å². The van der Waals surface area contributed by atoms with Crippen molar-refractivity contribution in [3.63, 3.8) is 0 Å². The van der Waals surface area contributed by atoms with Crippen molar-refractivity contribution < 1.29 is 8.78 Å². The Hall–Kier alpha value is -2.63. The second-order valence-corrected chi connectivity index (χ2v) is 4.28. The fraction of sp³-hybridized carbons (Fsp3) is 0.0714. The van der Waals surface area contributed by atoms with Gasteiger partial charge in [-0.15, -0.1) is 10.2 Å². The molecule has 1 aromatic heterocycles. The van der Waals surface area contributed by atoms with E-state index in [9.17, 15) is 8.78 Å². The summed E-state index contributed by atoms with van der Waals surface area (Å²) in [5.41, 5.74) is 1.30. The van der Waals surface area contributed by atoms with Crippen LogP contribution in [0.1, 0.15) is 0 Å². The van der Waals surface area contributed by atoms with Crippen molar-refractivity contribution in [2.24, 2.45) is 7.05 Å². The van der Waals surface area contributed by atoms with E-state index in [0.29, 0.717) is 11.1 Å². The standard InChI is InChI=1S/C14H10F2N4/c1-20-18-14(17-19-20)13-11(6-3-7-12(13)16)9-4-2-5-10(15)8-9/h2-8H,1H3. The van der Waals surface area contributed by atoms with E-state index in [0.717, 1.165) is 0 Å². The molecular weight excluding hydrogens is 262 g/mol. The van der Waals surface area contributed by atoms with Crippen molar-refractivity contribution in [2.45, 2.75) is 0 Å². The van der Waals surface area contributed by atoms with Crippen molar-refractivity contribution in [2.75, 3.05) is 0 Å². The molecule has 3 rings (SSSR count). The lowest BCUT2D eigenvalue weighted by molar-refractivity contribution is 0.624. The number of aromatic nitrogens is 4. The zero-order valence-electron chi connectivity index (χ0n) is 10.6. The molecule has 0 aliphatic rings. The largest absolute Gasteiger partial charge is 0.208 e. The lowest BCUT2D eigenvalue weighted by Gasteiger charge is -2.07. The van der Waals surface area contributed by atoms with Crippen LogP contribution in [0.2, 0.25) is 0 Å². The Labute approximate surface area is 113 Å². The second kappa shape index (κ2) is 4.80. The summed E-state index contributed by atoms with van der Waals surface area (Å²) in [5, 5.41) is 11.5. The lowest BCUT2D eigenvalue weighted by Crippen LogP contribution is -1.94. The molecule has 100 valence electrons. The Morgan fingerprint density at radius 3 is 2.55 bits per heavy atom. The number of tetrazole rings is 1. The van der Waals surface area contributed by atoms with Crippen LogP contribution in [0, 0.1) is 11.6 Å². The normalized spacial score (nSPS) is 10.8. The molecule has 0 bridgehead atoms. The molecule has 2 aromatic carbocycles. The molecule has 3 aromatic rings. The van der Waals surface area contributed by atoms with Crippen molar-refractivity contribution >= 4 is 0 Å². The first kappa shape index (κ1) is 12.4. The highest BCUT2D eigenvalue weighted by Crippen LogP contribution is 2.32. The zero-order valence-corrected chi connectivity index (χ0v) is 10.6. The maximum atomic E-state index is 14.1. The van der Waals surface area contributed by atoms with E-state index in [1.807, 2.05) is 0 Å². The fourth-order valence-electron chi connectivity index (χ4n) is 2.03. The van der Waals surface area contributed by atoms with E-state index >= 15 is 0 Å². The van der Waals surface area contributed by atoms with Gasteiger partial charge < -0.3 is 0 Å². The summed E-state index contributed by atoms with van der Waals surface area (Å²) >= 11 is 0. The average molecular weight is 272 g/mol. The molecule has 0 unspecified atom stereocenters. The summed E-state index contributed by atoms with van der Waals surface area (Å²) in [6.07, 6.45) is 0. The van der Waals surface area contributed by atoms with E-state index in [1.165, 1.54) is 23.0 Å². The molecule has 0 amide bonds. The van der Waals surface area contributed by atoms with Crippen LogP contribution >= 0.6 is 0 Å². The third-order valence-corrected chi connectivity index (χ3v) is 2.88. The quantitative estimate of drug-likeness (QED) is 0.720. The Morgan fingerprint density at radius 2 is 1.85 bits per heavy atom. The van der Waals surface area contributed by atoms with Gasteiger partial charge in [-0.2, -0.15) is 4.80 Å². The lowest BCUT2D eigenvalue weighted by atomic mass is 9.99. The van der Waals surface area contributed by atoms with E-state index in [4.69, 9.17) is 0 Å². The number of nitrogens with zero attached hydrogens (tertiary/aromatic N) is 4. The molecule has 6 heteroatoms. The first-order valence-corrected chi connectivity index (χ1v) is 5.94. The maximum absolute atomic E-state index is 14.1. The highest BCUT2D eigenvalue weighted by molar-refractivity contribution is 5.80. The maximum Gasteiger partial charge on any atom is 0.208 e. The predicted octanol–water partition coefficient (Wildman–Crippen LogP) is 2.82. The third kappa shape index (κ3) is 2.16. The molecule has 0 fully saturated rings. The monoisotopic (exact) mass is 272 g/mol. The Balaban J connectivity index is 2.24. The Morgan fingerprint density at radius 1 is 1.05 bits per heavy atom. The minimum Gasteiger partial charge on any atom is -0.207 e. The van der Waals surface area contributed by atoms with E-state index < -0.39 is 5.82 Å². The number of hydrogen-bond acceptors (Lipinski definition) is 3. The minimum atomic E-state index is -0.472. The van der Waals surface area contributed by atoms with Crippen LogP contribution < -0.4 is 0 Å². The SMILES string of the molecule is Cn1nnc(-c2c(F)cccc2-c2cccc(F)c2)n1. The molecule has 0 saturated heterocycles. The average Bonchev–Trinajstić information content (AvgIpc) is 2.85. The van der Waals surface area contributed by atoms with Crippen molar-refractivity contribution in [1.82, 2.24) is 20.2 Å². The van der Waals surface area contributed by atoms with Gasteiger partial charge in [-0.05, 0) is 34.5 Å². The molecule has 0 saturated carbocycles. The predicted molar refractivity (Wildman–Crippen MR) is 69.6 cm³/mol. The number of halogens is 2. The van der Waals surface area contributed by atoms with E-state index in [1.54, 1.807) is 31.3 Å². The molecule has 0 aliphatic heterocycles. The first-order valence-electron chi connectivity index (χ1n) is 5.94. The molecule has 0 radical (unpaired) electrons. The molecular formula is C14H10F2N4. The van der Waals surface area contributed by atoms with Gasteiger partial charge >= 0.3 is 0 Å². The third-order valence-electron chi connectivity index (χ3n) is 2.88. The number of aryl methyl sites for hydroxylation is 1. The van der Waals surface area contributed by atoms with Gasteiger partial charge in [0.25, 0.3) is 0 Å². The Bertz CT molecular complexity index is 767. The highest BCUT2D eigenvalue weighted by atomic mass is 19.1. The minimum absolute atomic E-state index is 0.171. The van der Waals surface area contributed by atoms with Crippen molar-refractivity contribution in [1.29, 1.82) is 0 Å². The van der Waals surface area contributed by atoms with Gasteiger partial charge in [-0.3, -0.25) is 0 Å². The fourth-order valence-corrected chi connectivity index (χ4v) is 2.03. The molecule has 0 atom stereocenters. The van der Waals surface area contributed by atoms with Gasteiger partial charge in [0.15, 0.2) is 0 Å². The van der Waals surface area contributed by atoms with Crippen LogP contribution in [0.5, 0.6) is 0 Å². The number of hydrogen-bond donors (Lipinski definition) is 0. The summed E-state index contributed by atoms with van der Waals surface area (Å²) in [4.78, 5) is 1.25. The molecule has 0 aliphatic carbocycles. The van der Waals surface area contributed by atoms with Crippen LogP contribution in [-0.4, -0.2) is 20.2 Å². The summed E-state index contributed by atoms with van der Waals surface area (Å²) in [6, 6.07) is 10.5. The van der Waals surface area contributed by atoms with Crippen molar-refractivity contribution in [3.8, 4) is 22.5 Å². The first-order chi connectivity index (χ1) is 9.65. The molecule has 20 heavy (non-hydrogen) atoms. The topological polar surface area (TPSA) is 43.6 Å². The summed E-state index contributed by atoms with van der Waals surface area (Å²) < 4.78 is 27.5. The van der Waals surface area contributed by atoms with Crippen LogP contribution in [0.4, 0.5) is 8.78 Å². The molecule has 0 N–H and O–H groups in total. The summed E-state index contributed by atoms with van der Waals surface area (Å²) in [6.45, 7) is 0. The highest BCUT2D eigenvalue weighted by Gasteiger charge is 2.16. The van der Waals surface area contributed by atoms with E-state index in [-0.39, 0.29) is 17.2 Å². The smallest absolute Gasteiger partial charge is 0.207 e. The van der Waals surface area contributed by atoms with Gasteiger partial charge in [-0.1, -0.05) is 24.3 Å². The van der Waals surface area contributed by atoms with Gasteiger partial charge in [-0.25, -0.2) is 8.78 Å². The van der Waals surface area contributed by atoms with E-state index in [2.05, 4.69) is 15.4 Å². The van der Waals surface area contributed by atoms with Crippen molar-refractivity contribution in [3.05, 3.63) is 54.1 Å². The molecule has 4 nitrogen and oxygen atoms in total. The summed E-state index contributed by atoms with van der Waals surface area (Å²) in [7, 11) is 1.60. The number of rotatable bonds is 2. The Kier molecular flexibility index (Phi) is 2.98. The molecule has 1 heterocycles. The summed E-state index contributed by atoms with van der Waals surface area (Å²) in [5.74, 6) is -0.686.